The summed E-state index contributed by atoms with van der Waals surface area (Å²) in [7, 11) is 0. The van der Waals surface area contributed by atoms with E-state index in [2.05, 4.69) is 15.4 Å². The van der Waals surface area contributed by atoms with Crippen molar-refractivity contribution in [1.29, 1.82) is 0 Å². The van der Waals surface area contributed by atoms with Crippen LogP contribution < -0.4 is 5.32 Å². The zero-order chi connectivity index (χ0) is 16.1. The summed E-state index contributed by atoms with van der Waals surface area (Å²) in [5.41, 5.74) is 0.910. The minimum atomic E-state index is -2.57. The van der Waals surface area contributed by atoms with Gasteiger partial charge in [-0.1, -0.05) is 11.6 Å². The fourth-order valence-corrected chi connectivity index (χ4v) is 1.94. The number of hydrogen-bond donors (Lipinski definition) is 1. The van der Waals surface area contributed by atoms with Crippen LogP contribution in [0.5, 0.6) is 0 Å². The van der Waals surface area contributed by atoms with Gasteiger partial charge in [0.1, 0.15) is 12.1 Å². The van der Waals surface area contributed by atoms with Gasteiger partial charge in [-0.15, -0.1) is 0 Å². The van der Waals surface area contributed by atoms with Gasteiger partial charge in [0.05, 0.1) is 24.2 Å². The molecule has 0 aliphatic carbocycles. The Kier molecular flexibility index (Phi) is 5.26. The Balaban J connectivity index is 2.24. The van der Waals surface area contributed by atoms with Crippen molar-refractivity contribution in [3.63, 3.8) is 0 Å². The van der Waals surface area contributed by atoms with Crippen LogP contribution in [0.25, 0.3) is 0 Å². The standard InChI is InChI=1S/C13H13ClF2N4O2/c1-2-22-13(21)8-5-17-4-3-9(8)19-10-6-18-20(12(10)14)7-11(15)16/h3-6,11H,2,7H2,1H3,(H,17,19). The number of alkyl halides is 2. The van der Waals surface area contributed by atoms with Crippen LogP contribution in [0.3, 0.4) is 0 Å². The van der Waals surface area contributed by atoms with Crippen molar-refractivity contribution in [2.45, 2.75) is 19.9 Å². The molecule has 0 amide bonds. The van der Waals surface area contributed by atoms with E-state index >= 15 is 0 Å². The van der Waals surface area contributed by atoms with Crippen LogP contribution in [0.1, 0.15) is 17.3 Å². The minimum absolute atomic E-state index is 0.0203. The molecule has 0 aliphatic rings. The Morgan fingerprint density at radius 3 is 2.91 bits per heavy atom. The number of nitrogens with zero attached hydrogens (tertiary/aromatic N) is 3. The van der Waals surface area contributed by atoms with Crippen LogP contribution >= 0.6 is 11.6 Å². The fraction of sp³-hybridized carbons (Fsp3) is 0.308. The molecule has 0 saturated carbocycles. The number of pyridine rings is 1. The van der Waals surface area contributed by atoms with Gasteiger partial charge in [0.2, 0.25) is 0 Å². The number of carbonyl (C=O) groups excluding carboxylic acids is 1. The summed E-state index contributed by atoms with van der Waals surface area (Å²) in [5, 5.41) is 6.67. The number of halogens is 3. The molecule has 2 aromatic rings. The highest BCUT2D eigenvalue weighted by Crippen LogP contribution is 2.27. The molecule has 2 aromatic heterocycles. The molecule has 0 bridgehead atoms. The van der Waals surface area contributed by atoms with Gasteiger partial charge < -0.3 is 10.1 Å². The second-order valence-electron chi connectivity index (χ2n) is 4.19. The first-order chi connectivity index (χ1) is 10.5. The van der Waals surface area contributed by atoms with E-state index in [0.29, 0.717) is 11.4 Å². The van der Waals surface area contributed by atoms with Crippen LogP contribution in [-0.2, 0) is 11.3 Å². The molecular formula is C13H13ClF2N4O2. The summed E-state index contributed by atoms with van der Waals surface area (Å²) in [6.45, 7) is 1.30. The average molecular weight is 331 g/mol. The van der Waals surface area contributed by atoms with E-state index in [1.807, 2.05) is 0 Å². The van der Waals surface area contributed by atoms with Crippen LogP contribution in [0.2, 0.25) is 5.15 Å². The van der Waals surface area contributed by atoms with Crippen LogP contribution in [0.15, 0.2) is 24.7 Å². The lowest BCUT2D eigenvalue weighted by atomic mass is 10.2. The van der Waals surface area contributed by atoms with Crippen LogP contribution in [0.4, 0.5) is 20.2 Å². The van der Waals surface area contributed by atoms with E-state index in [-0.39, 0.29) is 17.3 Å². The number of nitrogens with one attached hydrogen (secondary N) is 1. The Labute approximate surface area is 130 Å². The van der Waals surface area contributed by atoms with E-state index in [0.717, 1.165) is 4.68 Å². The molecule has 0 aliphatic heterocycles. The smallest absolute Gasteiger partial charge is 0.341 e. The molecule has 0 fully saturated rings. The van der Waals surface area contributed by atoms with Gasteiger partial charge >= 0.3 is 5.97 Å². The highest BCUT2D eigenvalue weighted by molar-refractivity contribution is 6.32. The van der Waals surface area contributed by atoms with E-state index in [1.54, 1.807) is 13.0 Å². The van der Waals surface area contributed by atoms with Crippen molar-refractivity contribution in [2.75, 3.05) is 11.9 Å². The minimum Gasteiger partial charge on any atom is -0.462 e. The number of esters is 1. The van der Waals surface area contributed by atoms with E-state index in [9.17, 15) is 13.6 Å². The molecule has 2 heterocycles. The maximum Gasteiger partial charge on any atom is 0.341 e. The topological polar surface area (TPSA) is 69.0 Å². The molecule has 0 spiro atoms. The van der Waals surface area contributed by atoms with Gasteiger partial charge in [-0.3, -0.25) is 4.98 Å². The molecule has 1 N–H and O–H groups in total. The predicted molar refractivity (Wildman–Crippen MR) is 76.7 cm³/mol. The summed E-state index contributed by atoms with van der Waals surface area (Å²) < 4.78 is 30.7. The monoisotopic (exact) mass is 330 g/mol. The highest BCUT2D eigenvalue weighted by atomic mass is 35.5. The Bertz CT molecular complexity index is 663. The fourth-order valence-electron chi connectivity index (χ4n) is 1.73. The number of hydrogen-bond acceptors (Lipinski definition) is 5. The second-order valence-corrected chi connectivity index (χ2v) is 4.55. The molecule has 2 rings (SSSR count). The van der Waals surface area contributed by atoms with Crippen molar-refractivity contribution < 1.29 is 18.3 Å². The van der Waals surface area contributed by atoms with Crippen molar-refractivity contribution in [1.82, 2.24) is 14.8 Å². The quantitative estimate of drug-likeness (QED) is 0.824. The SMILES string of the molecule is CCOC(=O)c1cnccc1Nc1cnn(CC(F)F)c1Cl. The maximum atomic E-state index is 12.4. The summed E-state index contributed by atoms with van der Waals surface area (Å²) in [5.74, 6) is -0.547. The van der Waals surface area contributed by atoms with Crippen LogP contribution in [-0.4, -0.2) is 33.8 Å². The first-order valence-corrected chi connectivity index (χ1v) is 6.78. The van der Waals surface area contributed by atoms with Gasteiger partial charge in [-0.2, -0.15) is 5.10 Å². The van der Waals surface area contributed by atoms with Gasteiger partial charge in [0, 0.05) is 12.4 Å². The molecule has 22 heavy (non-hydrogen) atoms. The van der Waals surface area contributed by atoms with Crippen molar-refractivity contribution in [3.8, 4) is 0 Å². The lowest BCUT2D eigenvalue weighted by molar-refractivity contribution is 0.0527. The number of ether oxygens (including phenoxy) is 1. The summed E-state index contributed by atoms with van der Waals surface area (Å²) in [6, 6.07) is 1.55. The second kappa shape index (κ2) is 7.17. The third-order valence-corrected chi connectivity index (χ3v) is 3.07. The Morgan fingerprint density at radius 2 is 2.23 bits per heavy atom. The summed E-state index contributed by atoms with van der Waals surface area (Å²) in [4.78, 5) is 15.7. The number of aromatic nitrogens is 3. The lowest BCUT2D eigenvalue weighted by Crippen LogP contribution is -2.09. The first kappa shape index (κ1) is 16.2. The zero-order valence-electron chi connectivity index (χ0n) is 11.6. The molecule has 0 unspecified atom stereocenters. The van der Waals surface area contributed by atoms with Crippen LogP contribution in [0, 0.1) is 0 Å². The van der Waals surface area contributed by atoms with Crippen molar-refractivity contribution in [2.24, 2.45) is 0 Å². The van der Waals surface area contributed by atoms with Crippen molar-refractivity contribution in [3.05, 3.63) is 35.4 Å². The van der Waals surface area contributed by atoms with Gasteiger partial charge in [0.15, 0.2) is 5.15 Å². The molecule has 0 radical (unpaired) electrons. The molecule has 0 atom stereocenters. The largest absolute Gasteiger partial charge is 0.462 e. The number of carbonyl (C=O) groups is 1. The maximum absolute atomic E-state index is 12.4. The van der Waals surface area contributed by atoms with Crippen molar-refractivity contribution >= 4 is 28.9 Å². The molecular weight excluding hydrogens is 318 g/mol. The lowest BCUT2D eigenvalue weighted by Gasteiger charge is -2.10. The van der Waals surface area contributed by atoms with E-state index in [1.165, 1.54) is 18.6 Å². The Morgan fingerprint density at radius 1 is 1.45 bits per heavy atom. The summed E-state index contributed by atoms with van der Waals surface area (Å²) >= 11 is 5.98. The first-order valence-electron chi connectivity index (χ1n) is 6.40. The third kappa shape index (κ3) is 3.70. The Hall–Kier alpha value is -2.22. The van der Waals surface area contributed by atoms with Gasteiger partial charge in [-0.05, 0) is 13.0 Å². The summed E-state index contributed by atoms with van der Waals surface area (Å²) in [6.07, 6.45) is 1.56. The van der Waals surface area contributed by atoms with E-state index in [4.69, 9.17) is 16.3 Å². The third-order valence-electron chi connectivity index (χ3n) is 2.67. The molecule has 0 saturated heterocycles. The van der Waals surface area contributed by atoms with Gasteiger partial charge in [0.25, 0.3) is 6.43 Å². The highest BCUT2D eigenvalue weighted by Gasteiger charge is 2.16. The number of rotatable bonds is 6. The number of anilines is 2. The predicted octanol–water partition coefficient (Wildman–Crippen LogP) is 3.12. The molecule has 9 heteroatoms. The molecule has 6 nitrogen and oxygen atoms in total. The van der Waals surface area contributed by atoms with E-state index < -0.39 is 18.9 Å². The molecule has 0 aromatic carbocycles. The zero-order valence-corrected chi connectivity index (χ0v) is 12.3. The van der Waals surface area contributed by atoms with Gasteiger partial charge in [-0.25, -0.2) is 18.3 Å². The normalized spacial score (nSPS) is 10.8. The molecule has 118 valence electrons. The average Bonchev–Trinajstić information content (AvgIpc) is 2.80.